The van der Waals surface area contributed by atoms with Crippen molar-refractivity contribution in [1.82, 2.24) is 5.32 Å². The summed E-state index contributed by atoms with van der Waals surface area (Å²) < 4.78 is 5.28. The second kappa shape index (κ2) is 6.28. The highest BCUT2D eigenvalue weighted by molar-refractivity contribution is 5.99. The minimum Gasteiger partial charge on any atom is -0.469 e. The highest BCUT2D eigenvalue weighted by Gasteiger charge is 2.13. The average Bonchev–Trinajstić information content (AvgIpc) is 2.92. The number of carbonyl (C=O) groups is 1. The van der Waals surface area contributed by atoms with Crippen molar-refractivity contribution < 1.29 is 9.21 Å². The summed E-state index contributed by atoms with van der Waals surface area (Å²) in [6.45, 7) is 3.87. The molecule has 4 nitrogen and oxygen atoms in total. The van der Waals surface area contributed by atoms with Gasteiger partial charge in [-0.3, -0.25) is 4.79 Å². The Labute approximate surface area is 119 Å². The summed E-state index contributed by atoms with van der Waals surface area (Å²) in [5.41, 5.74) is 7.93. The molecule has 1 unspecified atom stereocenters. The Hall–Kier alpha value is -2.23. The zero-order valence-corrected chi connectivity index (χ0v) is 11.8. The first kappa shape index (κ1) is 14.2. The fourth-order valence-corrected chi connectivity index (χ4v) is 2.07. The van der Waals surface area contributed by atoms with E-state index in [1.807, 2.05) is 38.1 Å². The highest BCUT2D eigenvalue weighted by atomic mass is 16.3. The Bertz CT molecular complexity index is 576. The zero-order valence-electron chi connectivity index (χ0n) is 11.8. The zero-order chi connectivity index (χ0) is 14.5. The van der Waals surface area contributed by atoms with Crippen LogP contribution in [0.5, 0.6) is 0 Å². The quantitative estimate of drug-likeness (QED) is 0.822. The molecule has 0 aliphatic carbocycles. The van der Waals surface area contributed by atoms with Crippen LogP contribution in [0.3, 0.4) is 0 Å². The van der Waals surface area contributed by atoms with E-state index in [2.05, 4.69) is 5.32 Å². The Balaban J connectivity index is 1.92. The summed E-state index contributed by atoms with van der Waals surface area (Å²) in [4.78, 5) is 12.2. The Kier molecular flexibility index (Phi) is 4.45. The summed E-state index contributed by atoms with van der Waals surface area (Å²) in [7, 11) is 0. The van der Waals surface area contributed by atoms with Gasteiger partial charge >= 0.3 is 0 Å². The van der Waals surface area contributed by atoms with Crippen LogP contribution in [-0.2, 0) is 6.42 Å². The largest absolute Gasteiger partial charge is 0.469 e. The topological polar surface area (TPSA) is 68.3 Å². The van der Waals surface area contributed by atoms with E-state index in [1.165, 1.54) is 0 Å². The van der Waals surface area contributed by atoms with Crippen LogP contribution >= 0.6 is 0 Å². The van der Waals surface area contributed by atoms with Crippen molar-refractivity contribution in [3.05, 3.63) is 53.5 Å². The lowest BCUT2D eigenvalue weighted by Gasteiger charge is -2.15. The van der Waals surface area contributed by atoms with Gasteiger partial charge in [0.2, 0.25) is 0 Å². The number of nitrogens with two attached hydrogens (primary N) is 1. The van der Waals surface area contributed by atoms with Crippen molar-refractivity contribution in [2.75, 3.05) is 5.73 Å². The molecule has 20 heavy (non-hydrogen) atoms. The van der Waals surface area contributed by atoms with Crippen LogP contribution in [0.4, 0.5) is 5.69 Å². The molecule has 1 atom stereocenters. The number of anilines is 1. The highest BCUT2D eigenvalue weighted by Crippen LogP contribution is 2.16. The maximum absolute atomic E-state index is 12.2. The van der Waals surface area contributed by atoms with Crippen molar-refractivity contribution >= 4 is 11.6 Å². The van der Waals surface area contributed by atoms with Crippen molar-refractivity contribution in [3.8, 4) is 0 Å². The van der Waals surface area contributed by atoms with Crippen molar-refractivity contribution in [2.45, 2.75) is 32.7 Å². The molecule has 1 aromatic heterocycles. The number of nitrogen functional groups attached to an aromatic ring is 1. The summed E-state index contributed by atoms with van der Waals surface area (Å²) in [5.74, 6) is 0.805. The van der Waals surface area contributed by atoms with Crippen LogP contribution in [0.2, 0.25) is 0 Å². The number of furan rings is 1. The van der Waals surface area contributed by atoms with Crippen LogP contribution in [0.25, 0.3) is 0 Å². The molecular weight excluding hydrogens is 252 g/mol. The first-order chi connectivity index (χ1) is 9.58. The summed E-state index contributed by atoms with van der Waals surface area (Å²) in [6, 6.07) is 9.35. The van der Waals surface area contributed by atoms with E-state index in [1.54, 1.807) is 12.3 Å². The average molecular weight is 272 g/mol. The number of carbonyl (C=O) groups excluding carboxylic acids is 1. The fraction of sp³-hybridized carbons (Fsp3) is 0.312. The van der Waals surface area contributed by atoms with Gasteiger partial charge in [0.25, 0.3) is 5.91 Å². The lowest BCUT2D eigenvalue weighted by Crippen LogP contribution is -2.33. The van der Waals surface area contributed by atoms with E-state index in [-0.39, 0.29) is 11.9 Å². The second-order valence-electron chi connectivity index (χ2n) is 5.03. The number of nitrogens with one attached hydrogen (secondary N) is 1. The third-order valence-electron chi connectivity index (χ3n) is 3.35. The van der Waals surface area contributed by atoms with E-state index in [0.29, 0.717) is 11.3 Å². The third kappa shape index (κ3) is 3.41. The van der Waals surface area contributed by atoms with E-state index in [4.69, 9.17) is 10.2 Å². The number of para-hydroxylation sites is 1. The Morgan fingerprint density at radius 3 is 2.85 bits per heavy atom. The standard InChI is InChI=1S/C16H20N2O2/c1-11-5-3-7-14(15(11)17)16(19)18-12(2)8-9-13-6-4-10-20-13/h3-7,10,12H,8-9,17H2,1-2H3,(H,18,19). The maximum Gasteiger partial charge on any atom is 0.253 e. The van der Waals surface area contributed by atoms with E-state index in [9.17, 15) is 4.79 Å². The normalized spacial score (nSPS) is 12.1. The number of hydrogen-bond acceptors (Lipinski definition) is 3. The van der Waals surface area contributed by atoms with Gasteiger partial charge in [0.1, 0.15) is 5.76 Å². The molecule has 106 valence electrons. The summed E-state index contributed by atoms with van der Waals surface area (Å²) >= 11 is 0. The van der Waals surface area contributed by atoms with E-state index in [0.717, 1.165) is 24.2 Å². The molecule has 2 rings (SSSR count). The van der Waals surface area contributed by atoms with E-state index >= 15 is 0 Å². The van der Waals surface area contributed by atoms with E-state index < -0.39 is 0 Å². The number of amides is 1. The molecule has 0 fully saturated rings. The molecule has 4 heteroatoms. The van der Waals surface area contributed by atoms with Crippen LogP contribution in [0, 0.1) is 6.92 Å². The van der Waals surface area contributed by atoms with Crippen molar-refractivity contribution in [3.63, 3.8) is 0 Å². The van der Waals surface area contributed by atoms with Crippen LogP contribution in [0.1, 0.15) is 35.0 Å². The predicted molar refractivity (Wildman–Crippen MR) is 79.5 cm³/mol. The third-order valence-corrected chi connectivity index (χ3v) is 3.35. The Morgan fingerprint density at radius 2 is 2.15 bits per heavy atom. The molecule has 0 saturated heterocycles. The molecule has 0 spiro atoms. The van der Waals surface area contributed by atoms with Gasteiger partial charge in [-0.05, 0) is 44.0 Å². The molecule has 0 aliphatic heterocycles. The lowest BCUT2D eigenvalue weighted by molar-refractivity contribution is 0.0939. The van der Waals surface area contributed by atoms with Crippen LogP contribution in [0.15, 0.2) is 41.0 Å². The molecule has 0 saturated carbocycles. The van der Waals surface area contributed by atoms with Gasteiger partial charge in [0.05, 0.1) is 11.8 Å². The fourth-order valence-electron chi connectivity index (χ4n) is 2.07. The van der Waals surface area contributed by atoms with Gasteiger partial charge in [-0.15, -0.1) is 0 Å². The van der Waals surface area contributed by atoms with Crippen LogP contribution in [-0.4, -0.2) is 11.9 Å². The molecule has 1 aromatic carbocycles. The SMILES string of the molecule is Cc1cccc(C(=O)NC(C)CCc2ccco2)c1N. The molecule has 0 bridgehead atoms. The minimum absolute atomic E-state index is 0.0625. The lowest BCUT2D eigenvalue weighted by atomic mass is 10.1. The van der Waals surface area contributed by atoms with Gasteiger partial charge in [-0.25, -0.2) is 0 Å². The molecular formula is C16H20N2O2. The van der Waals surface area contributed by atoms with Gasteiger partial charge < -0.3 is 15.5 Å². The number of benzene rings is 1. The Morgan fingerprint density at radius 1 is 1.35 bits per heavy atom. The monoisotopic (exact) mass is 272 g/mol. The number of hydrogen-bond donors (Lipinski definition) is 2. The van der Waals surface area contributed by atoms with Gasteiger partial charge in [0.15, 0.2) is 0 Å². The van der Waals surface area contributed by atoms with Crippen molar-refractivity contribution in [2.24, 2.45) is 0 Å². The maximum atomic E-state index is 12.2. The smallest absolute Gasteiger partial charge is 0.253 e. The number of rotatable bonds is 5. The first-order valence-corrected chi connectivity index (χ1v) is 6.76. The van der Waals surface area contributed by atoms with Gasteiger partial charge in [-0.1, -0.05) is 12.1 Å². The molecule has 3 N–H and O–H groups in total. The van der Waals surface area contributed by atoms with Gasteiger partial charge in [0, 0.05) is 18.2 Å². The van der Waals surface area contributed by atoms with Crippen molar-refractivity contribution in [1.29, 1.82) is 0 Å². The summed E-state index contributed by atoms with van der Waals surface area (Å²) in [5, 5.41) is 2.97. The predicted octanol–water partition coefficient (Wildman–Crippen LogP) is 2.92. The van der Waals surface area contributed by atoms with Crippen LogP contribution < -0.4 is 11.1 Å². The molecule has 2 aromatic rings. The first-order valence-electron chi connectivity index (χ1n) is 6.76. The minimum atomic E-state index is -0.127. The second-order valence-corrected chi connectivity index (χ2v) is 5.03. The summed E-state index contributed by atoms with van der Waals surface area (Å²) in [6.07, 6.45) is 3.29. The molecule has 0 aliphatic rings. The molecule has 1 heterocycles. The molecule has 0 radical (unpaired) electrons. The number of aryl methyl sites for hydroxylation is 2. The van der Waals surface area contributed by atoms with Gasteiger partial charge in [-0.2, -0.15) is 0 Å². The molecule has 1 amide bonds.